The Hall–Kier alpha value is -0.103. The third-order valence-corrected chi connectivity index (χ3v) is 5.75. The van der Waals surface area contributed by atoms with E-state index < -0.39 is 9.05 Å². The van der Waals surface area contributed by atoms with E-state index in [2.05, 4.69) is 0 Å². The molecule has 0 aromatic rings. The van der Waals surface area contributed by atoms with Crippen LogP contribution in [-0.4, -0.2) is 88.3 Å². The van der Waals surface area contributed by atoms with Crippen molar-refractivity contribution in [2.45, 2.75) is 52.1 Å². The van der Waals surface area contributed by atoms with E-state index in [9.17, 15) is 0 Å². The van der Waals surface area contributed by atoms with Crippen molar-refractivity contribution in [2.75, 3.05) is 54.9 Å². The summed E-state index contributed by atoms with van der Waals surface area (Å²) in [6.45, 7) is 9.08. The molecule has 0 fully saturated rings. The van der Waals surface area contributed by atoms with Crippen molar-refractivity contribution in [3.05, 3.63) is 0 Å². The van der Waals surface area contributed by atoms with Crippen molar-refractivity contribution in [1.82, 2.24) is 0 Å². The largest absolute Gasteiger partial charge is 0.680 e. The molecule has 8 nitrogen and oxygen atoms in total. The first-order valence-corrected chi connectivity index (χ1v) is 10.1. The van der Waals surface area contributed by atoms with E-state index >= 15 is 0 Å². The molecule has 152 valence electrons. The maximum absolute atomic E-state index is 6.11. The van der Waals surface area contributed by atoms with Gasteiger partial charge in [0.25, 0.3) is 0 Å². The van der Waals surface area contributed by atoms with Crippen LogP contribution in [0.2, 0.25) is 0 Å². The van der Waals surface area contributed by atoms with Gasteiger partial charge in [-0.2, -0.15) is 0 Å². The second kappa shape index (κ2) is 14.0. The average Bonchev–Trinajstić information content (AvgIpc) is 2.47. The standard InChI is InChI=1S/C16H36O8Si/c1-13(9-17-5)21-25(22-14(2)10-18-6,23-15(3)11-19-7)24-16(4)12-20-8/h13-16H,9-12H2,1-8H3. The van der Waals surface area contributed by atoms with E-state index in [0.717, 1.165) is 0 Å². The van der Waals surface area contributed by atoms with Crippen LogP contribution in [-0.2, 0) is 36.7 Å². The van der Waals surface area contributed by atoms with E-state index in [0.29, 0.717) is 26.4 Å². The molecule has 0 N–H and O–H groups in total. The van der Waals surface area contributed by atoms with Gasteiger partial charge in [-0.25, -0.2) is 0 Å². The van der Waals surface area contributed by atoms with Gasteiger partial charge in [0.1, 0.15) is 0 Å². The van der Waals surface area contributed by atoms with Crippen LogP contribution in [0.3, 0.4) is 0 Å². The van der Waals surface area contributed by atoms with E-state index in [4.69, 9.17) is 36.7 Å². The third-order valence-electron chi connectivity index (χ3n) is 2.99. The Kier molecular flexibility index (Phi) is 14.0. The first-order valence-electron chi connectivity index (χ1n) is 8.49. The van der Waals surface area contributed by atoms with Gasteiger partial charge in [0.15, 0.2) is 0 Å². The molecule has 0 radical (unpaired) electrons. The zero-order chi connectivity index (χ0) is 19.3. The lowest BCUT2D eigenvalue weighted by atomic mass is 10.4. The molecule has 0 heterocycles. The van der Waals surface area contributed by atoms with Gasteiger partial charge in [-0.1, -0.05) is 0 Å². The topological polar surface area (TPSA) is 73.8 Å². The molecule has 0 aliphatic carbocycles. The van der Waals surface area contributed by atoms with Gasteiger partial charge in [0, 0.05) is 28.4 Å². The first-order chi connectivity index (χ1) is 11.8. The molecule has 0 aromatic heterocycles. The fourth-order valence-electron chi connectivity index (χ4n) is 2.23. The molecule has 0 bridgehead atoms. The lowest BCUT2D eigenvalue weighted by molar-refractivity contribution is -0.122. The molecule has 0 saturated carbocycles. The van der Waals surface area contributed by atoms with Gasteiger partial charge >= 0.3 is 9.05 Å². The van der Waals surface area contributed by atoms with Crippen LogP contribution in [0.25, 0.3) is 0 Å². The predicted molar refractivity (Wildman–Crippen MR) is 95.4 cm³/mol. The zero-order valence-corrected chi connectivity index (χ0v) is 17.9. The minimum Gasteiger partial charge on any atom is -0.382 e. The summed E-state index contributed by atoms with van der Waals surface area (Å²) in [5, 5.41) is 0. The van der Waals surface area contributed by atoms with Crippen LogP contribution in [0, 0.1) is 0 Å². The highest BCUT2D eigenvalue weighted by molar-refractivity contribution is 6.53. The summed E-state index contributed by atoms with van der Waals surface area (Å²) in [4.78, 5) is 0. The summed E-state index contributed by atoms with van der Waals surface area (Å²) in [7, 11) is 2.93. The molecule has 4 atom stereocenters. The number of rotatable bonds is 16. The summed E-state index contributed by atoms with van der Waals surface area (Å²) < 4.78 is 45.1. The Bertz CT molecular complexity index is 259. The molecule has 4 unspecified atom stereocenters. The minimum atomic E-state index is -3.52. The summed E-state index contributed by atoms with van der Waals surface area (Å²) >= 11 is 0. The van der Waals surface area contributed by atoms with Crippen molar-refractivity contribution >= 4 is 9.05 Å². The van der Waals surface area contributed by atoms with E-state index in [1.54, 1.807) is 28.4 Å². The lowest BCUT2D eigenvalue weighted by Gasteiger charge is -2.36. The quantitative estimate of drug-likeness (QED) is 0.372. The SMILES string of the molecule is COCC(C)O[Si](OC(C)COC)(OC(C)COC)OC(C)COC. The molecular formula is C16H36O8Si. The average molecular weight is 385 g/mol. The van der Waals surface area contributed by atoms with Gasteiger partial charge in [-0.15, -0.1) is 0 Å². The lowest BCUT2D eigenvalue weighted by Crippen LogP contribution is -2.57. The van der Waals surface area contributed by atoms with Gasteiger partial charge < -0.3 is 36.7 Å². The Morgan fingerprint density at radius 1 is 0.480 bits per heavy atom. The normalized spacial score (nSPS) is 19.2. The summed E-state index contributed by atoms with van der Waals surface area (Å²) in [5.41, 5.74) is 0. The summed E-state index contributed by atoms with van der Waals surface area (Å²) in [5.74, 6) is 0. The van der Waals surface area contributed by atoms with Crippen molar-refractivity contribution in [1.29, 1.82) is 0 Å². The number of hydrogen-bond acceptors (Lipinski definition) is 8. The molecule has 0 aliphatic rings. The molecule has 0 saturated heterocycles. The Labute approximate surface area is 153 Å². The summed E-state index contributed by atoms with van der Waals surface area (Å²) in [6.07, 6.45) is -1.07. The maximum Gasteiger partial charge on any atom is 0.680 e. The van der Waals surface area contributed by atoms with E-state index in [1.807, 2.05) is 27.7 Å². The Morgan fingerprint density at radius 3 is 0.840 bits per heavy atom. The molecule has 0 aliphatic heterocycles. The third kappa shape index (κ3) is 11.3. The van der Waals surface area contributed by atoms with Crippen molar-refractivity contribution < 1.29 is 36.7 Å². The minimum absolute atomic E-state index is 0.268. The highest BCUT2D eigenvalue weighted by Crippen LogP contribution is 2.21. The Balaban J connectivity index is 5.39. The molecule has 0 amide bonds. The van der Waals surface area contributed by atoms with Crippen molar-refractivity contribution in [2.24, 2.45) is 0 Å². The number of methoxy groups -OCH3 is 4. The molecule has 0 rings (SSSR count). The molecule has 0 aromatic carbocycles. The molecule has 25 heavy (non-hydrogen) atoms. The molecule has 9 heteroatoms. The van der Waals surface area contributed by atoms with Crippen LogP contribution in [0.15, 0.2) is 0 Å². The first kappa shape index (κ1) is 24.9. The smallest absolute Gasteiger partial charge is 0.382 e. The van der Waals surface area contributed by atoms with Gasteiger partial charge in [-0.05, 0) is 27.7 Å². The van der Waals surface area contributed by atoms with Crippen LogP contribution < -0.4 is 0 Å². The maximum atomic E-state index is 6.11. The van der Waals surface area contributed by atoms with Gasteiger partial charge in [0.2, 0.25) is 0 Å². The van der Waals surface area contributed by atoms with Crippen LogP contribution in [0.4, 0.5) is 0 Å². The van der Waals surface area contributed by atoms with Crippen LogP contribution >= 0.6 is 0 Å². The highest BCUT2D eigenvalue weighted by Gasteiger charge is 2.51. The number of hydrogen-bond donors (Lipinski definition) is 0. The zero-order valence-electron chi connectivity index (χ0n) is 16.9. The monoisotopic (exact) mass is 384 g/mol. The fraction of sp³-hybridized carbons (Fsp3) is 1.00. The van der Waals surface area contributed by atoms with Crippen LogP contribution in [0.1, 0.15) is 27.7 Å². The predicted octanol–water partition coefficient (Wildman–Crippen LogP) is 1.63. The molecule has 0 spiro atoms. The fourth-order valence-corrected chi connectivity index (χ4v) is 4.80. The Morgan fingerprint density at radius 2 is 0.680 bits per heavy atom. The highest BCUT2D eigenvalue weighted by atomic mass is 28.4. The number of ether oxygens (including phenoxy) is 4. The van der Waals surface area contributed by atoms with E-state index in [-0.39, 0.29) is 24.4 Å². The van der Waals surface area contributed by atoms with Crippen molar-refractivity contribution in [3.8, 4) is 0 Å². The van der Waals surface area contributed by atoms with Crippen LogP contribution in [0.5, 0.6) is 0 Å². The van der Waals surface area contributed by atoms with Gasteiger partial charge in [-0.3, -0.25) is 0 Å². The van der Waals surface area contributed by atoms with Crippen molar-refractivity contribution in [3.63, 3.8) is 0 Å². The molecular weight excluding hydrogens is 348 g/mol. The van der Waals surface area contributed by atoms with Gasteiger partial charge in [0.05, 0.1) is 50.8 Å². The van der Waals surface area contributed by atoms with E-state index in [1.165, 1.54) is 0 Å². The summed E-state index contributed by atoms with van der Waals surface area (Å²) in [6, 6.07) is 0. The second-order valence-electron chi connectivity index (χ2n) is 6.04. The second-order valence-corrected chi connectivity index (χ2v) is 7.98.